The lowest BCUT2D eigenvalue weighted by Gasteiger charge is -2.35. The summed E-state index contributed by atoms with van der Waals surface area (Å²) in [5.41, 5.74) is 9.67. The molecule has 204 valence electrons. The average molecular weight is 558 g/mol. The van der Waals surface area contributed by atoms with Crippen LogP contribution in [-0.4, -0.2) is 56.8 Å². The van der Waals surface area contributed by atoms with Gasteiger partial charge in [0.15, 0.2) is 0 Å². The molecule has 7 nitrogen and oxygen atoms in total. The summed E-state index contributed by atoms with van der Waals surface area (Å²) in [5, 5.41) is 2.28. The summed E-state index contributed by atoms with van der Waals surface area (Å²) in [5.74, 6) is 0.701. The van der Waals surface area contributed by atoms with E-state index in [-0.39, 0.29) is 48.8 Å². The first-order valence-electron chi connectivity index (χ1n) is 12.9. The topological polar surface area (TPSA) is 92.9 Å². The Balaban J connectivity index is 1.59. The molecule has 0 aliphatic carbocycles. The molecule has 1 saturated heterocycles. The fraction of sp³-hybridized carbons (Fsp3) is 0.414. The molecule has 0 unspecified atom stereocenters. The lowest BCUT2D eigenvalue weighted by molar-refractivity contribution is 0.0694. The summed E-state index contributed by atoms with van der Waals surface area (Å²) in [6.07, 6.45) is 0. The third kappa shape index (κ3) is 5.27. The van der Waals surface area contributed by atoms with E-state index < -0.39 is 10.0 Å². The highest BCUT2D eigenvalue weighted by Gasteiger charge is 2.33. The molecule has 0 atom stereocenters. The third-order valence-corrected chi connectivity index (χ3v) is 9.37. The number of amides is 1. The lowest BCUT2D eigenvalue weighted by atomic mass is 9.85. The monoisotopic (exact) mass is 557 g/mol. The predicted molar refractivity (Wildman–Crippen MR) is 153 cm³/mol. The predicted octanol–water partition coefficient (Wildman–Crippen LogP) is 5.35. The van der Waals surface area contributed by atoms with Crippen LogP contribution < -0.4 is 10.5 Å². The molecule has 38 heavy (non-hydrogen) atoms. The zero-order valence-corrected chi connectivity index (χ0v) is 24.2. The molecule has 1 heterocycles. The van der Waals surface area contributed by atoms with Gasteiger partial charge < -0.3 is 15.4 Å². The summed E-state index contributed by atoms with van der Waals surface area (Å²) in [6, 6.07) is 12.3. The second-order valence-electron chi connectivity index (χ2n) is 10.3. The first-order chi connectivity index (χ1) is 18.0. The Morgan fingerprint density at radius 2 is 1.61 bits per heavy atom. The molecule has 0 bridgehead atoms. The number of piperazine rings is 1. The molecular formula is C29H36ClN3O4S. The van der Waals surface area contributed by atoms with Crippen molar-refractivity contribution >= 4 is 38.3 Å². The molecule has 4 rings (SSSR count). The van der Waals surface area contributed by atoms with Crippen LogP contribution in [0.1, 0.15) is 66.6 Å². The van der Waals surface area contributed by atoms with Gasteiger partial charge in [0.2, 0.25) is 10.0 Å². The van der Waals surface area contributed by atoms with Crippen LogP contribution in [0.15, 0.2) is 47.4 Å². The molecule has 1 aliphatic heterocycles. The van der Waals surface area contributed by atoms with Crippen LogP contribution in [0.3, 0.4) is 0 Å². The number of nitrogens with two attached hydrogens (primary N) is 1. The highest BCUT2D eigenvalue weighted by atomic mass is 35.5. The van der Waals surface area contributed by atoms with Gasteiger partial charge in [0.1, 0.15) is 5.75 Å². The Morgan fingerprint density at radius 1 is 0.974 bits per heavy atom. The molecule has 0 spiro atoms. The highest BCUT2D eigenvalue weighted by Crippen LogP contribution is 2.39. The standard InChI is InChI=1S/C29H36ClN3O4S/c1-18(2)24-16-25(28(37-5)27(19(3)4)26(24)17-31)29(34)32-10-12-33(13-11-32)38(35,36)23-9-7-20-14-22(30)8-6-21(20)15-23/h6-9,14-16,18-19H,10-13,17,31H2,1-5H3. The summed E-state index contributed by atoms with van der Waals surface area (Å²) in [6.45, 7) is 9.68. The molecule has 3 aromatic rings. The minimum Gasteiger partial charge on any atom is -0.496 e. The van der Waals surface area contributed by atoms with Crippen molar-refractivity contribution in [1.29, 1.82) is 0 Å². The molecule has 2 N–H and O–H groups in total. The number of fused-ring (bicyclic) bond motifs is 1. The van der Waals surface area contributed by atoms with Gasteiger partial charge in [-0.2, -0.15) is 4.31 Å². The van der Waals surface area contributed by atoms with Crippen LogP contribution in [0.4, 0.5) is 0 Å². The Kier molecular flexibility index (Phi) is 8.37. The minimum atomic E-state index is -3.71. The Morgan fingerprint density at radius 3 is 2.18 bits per heavy atom. The minimum absolute atomic E-state index is 0.119. The van der Waals surface area contributed by atoms with Crippen molar-refractivity contribution in [1.82, 2.24) is 9.21 Å². The van der Waals surface area contributed by atoms with Gasteiger partial charge in [-0.3, -0.25) is 4.79 Å². The molecule has 0 aromatic heterocycles. The van der Waals surface area contributed by atoms with Crippen LogP contribution in [-0.2, 0) is 16.6 Å². The van der Waals surface area contributed by atoms with Gasteiger partial charge in [-0.1, -0.05) is 51.4 Å². The maximum absolute atomic E-state index is 13.8. The number of sulfonamides is 1. The van der Waals surface area contributed by atoms with Crippen LogP contribution in [0.25, 0.3) is 10.8 Å². The fourth-order valence-electron chi connectivity index (χ4n) is 5.28. The molecular weight excluding hydrogens is 522 g/mol. The number of carbonyl (C=O) groups is 1. The third-order valence-electron chi connectivity index (χ3n) is 7.24. The molecule has 3 aromatic carbocycles. The zero-order chi connectivity index (χ0) is 27.8. The number of hydrogen-bond acceptors (Lipinski definition) is 5. The van der Waals surface area contributed by atoms with E-state index in [0.717, 1.165) is 27.5 Å². The summed E-state index contributed by atoms with van der Waals surface area (Å²) >= 11 is 6.06. The van der Waals surface area contributed by atoms with Gasteiger partial charge in [0, 0.05) is 43.3 Å². The summed E-state index contributed by atoms with van der Waals surface area (Å²) in [7, 11) is -2.13. The molecule has 1 aliphatic rings. The summed E-state index contributed by atoms with van der Waals surface area (Å²) < 4.78 is 34.1. The average Bonchev–Trinajstić information content (AvgIpc) is 2.90. The second-order valence-corrected chi connectivity index (χ2v) is 12.7. The smallest absolute Gasteiger partial charge is 0.257 e. The number of ether oxygens (including phenoxy) is 1. The number of benzene rings is 3. The van der Waals surface area contributed by atoms with Crippen molar-refractivity contribution in [2.24, 2.45) is 5.73 Å². The first kappa shape index (κ1) is 28.4. The van der Waals surface area contributed by atoms with E-state index in [1.807, 2.05) is 12.1 Å². The SMILES string of the molecule is COc1c(C(=O)N2CCN(S(=O)(=O)c3ccc4cc(Cl)ccc4c3)CC2)cc(C(C)C)c(CN)c1C(C)C. The van der Waals surface area contributed by atoms with Crippen molar-refractivity contribution < 1.29 is 17.9 Å². The molecule has 1 amide bonds. The van der Waals surface area contributed by atoms with Crippen LogP contribution in [0.2, 0.25) is 5.02 Å². The normalized spacial score (nSPS) is 15.0. The maximum Gasteiger partial charge on any atom is 0.257 e. The molecule has 0 radical (unpaired) electrons. The Bertz CT molecular complexity index is 1460. The van der Waals surface area contributed by atoms with Gasteiger partial charge in [0.25, 0.3) is 5.91 Å². The second kappa shape index (κ2) is 11.2. The fourth-order valence-corrected chi connectivity index (χ4v) is 6.92. The highest BCUT2D eigenvalue weighted by molar-refractivity contribution is 7.89. The Hall–Kier alpha value is -2.65. The van der Waals surface area contributed by atoms with Gasteiger partial charge >= 0.3 is 0 Å². The first-order valence-corrected chi connectivity index (χ1v) is 14.7. The van der Waals surface area contributed by atoms with E-state index in [0.29, 0.717) is 22.9 Å². The lowest BCUT2D eigenvalue weighted by Crippen LogP contribution is -2.50. The van der Waals surface area contributed by atoms with Crippen molar-refractivity contribution in [3.8, 4) is 5.75 Å². The van der Waals surface area contributed by atoms with E-state index in [1.54, 1.807) is 42.3 Å². The number of halogens is 1. The van der Waals surface area contributed by atoms with Crippen molar-refractivity contribution in [3.63, 3.8) is 0 Å². The summed E-state index contributed by atoms with van der Waals surface area (Å²) in [4.78, 5) is 15.7. The quantitative estimate of drug-likeness (QED) is 0.422. The van der Waals surface area contributed by atoms with E-state index in [4.69, 9.17) is 22.1 Å². The number of nitrogens with zero attached hydrogens (tertiary/aromatic N) is 2. The van der Waals surface area contributed by atoms with Crippen molar-refractivity contribution in [2.75, 3.05) is 33.3 Å². The van der Waals surface area contributed by atoms with Gasteiger partial charge in [0.05, 0.1) is 17.6 Å². The number of rotatable bonds is 7. The van der Waals surface area contributed by atoms with Crippen LogP contribution in [0.5, 0.6) is 5.75 Å². The zero-order valence-electron chi connectivity index (χ0n) is 22.6. The van der Waals surface area contributed by atoms with E-state index in [1.165, 1.54) is 4.31 Å². The van der Waals surface area contributed by atoms with Gasteiger partial charge in [-0.05, 0) is 64.1 Å². The number of methoxy groups -OCH3 is 1. The van der Waals surface area contributed by atoms with E-state index in [9.17, 15) is 13.2 Å². The van der Waals surface area contributed by atoms with Crippen molar-refractivity contribution in [2.45, 2.75) is 51.0 Å². The maximum atomic E-state index is 13.8. The van der Waals surface area contributed by atoms with E-state index >= 15 is 0 Å². The van der Waals surface area contributed by atoms with E-state index in [2.05, 4.69) is 27.7 Å². The van der Waals surface area contributed by atoms with Gasteiger partial charge in [-0.25, -0.2) is 8.42 Å². The van der Waals surface area contributed by atoms with Crippen LogP contribution in [0, 0.1) is 0 Å². The van der Waals surface area contributed by atoms with Crippen molar-refractivity contribution in [3.05, 3.63) is 69.7 Å². The molecule has 0 saturated carbocycles. The largest absolute Gasteiger partial charge is 0.496 e. The molecule has 9 heteroatoms. The van der Waals surface area contributed by atoms with Gasteiger partial charge in [-0.15, -0.1) is 0 Å². The van der Waals surface area contributed by atoms with Crippen LogP contribution >= 0.6 is 11.6 Å². The number of carbonyl (C=O) groups excluding carboxylic acids is 1. The Labute approximate surface area is 230 Å². The number of hydrogen-bond donors (Lipinski definition) is 1. The molecule has 1 fully saturated rings.